The molecule has 0 saturated carbocycles. The maximum absolute atomic E-state index is 12.0. The van der Waals surface area contributed by atoms with Crippen LogP contribution in [0.3, 0.4) is 0 Å². The molecule has 114 valence electrons. The third-order valence-electron chi connectivity index (χ3n) is 2.68. The lowest BCUT2D eigenvalue weighted by atomic mass is 10.3. The second kappa shape index (κ2) is 8.19. The quantitative estimate of drug-likeness (QED) is 0.562. The Hall–Kier alpha value is -1.54. The summed E-state index contributed by atoms with van der Waals surface area (Å²) in [5.74, 6) is 0.0722. The summed E-state index contributed by atoms with van der Waals surface area (Å²) in [6, 6.07) is 15.1. The molecule has 4 nitrogen and oxygen atoms in total. The fourth-order valence-electron chi connectivity index (χ4n) is 1.76. The number of hydrogen-bond acceptors (Lipinski definition) is 3. The average Bonchev–Trinajstić information content (AvgIpc) is 2.48. The van der Waals surface area contributed by atoms with E-state index in [-0.39, 0.29) is 17.6 Å². The van der Waals surface area contributed by atoms with Gasteiger partial charge in [0.05, 0.1) is 11.4 Å². The molecule has 0 unspecified atom stereocenters. The monoisotopic (exact) mass is 426 g/mol. The van der Waals surface area contributed by atoms with Crippen LogP contribution >= 0.6 is 34.4 Å². The molecule has 0 aliphatic carbocycles. The fourth-order valence-corrected chi connectivity index (χ4v) is 2.93. The first-order valence-electron chi connectivity index (χ1n) is 6.59. The molecular formula is C16H15IN2O2S. The van der Waals surface area contributed by atoms with Crippen LogP contribution in [0.2, 0.25) is 0 Å². The highest BCUT2D eigenvalue weighted by molar-refractivity contribution is 14.1. The highest BCUT2D eigenvalue weighted by atomic mass is 127. The molecule has 6 heteroatoms. The largest absolute Gasteiger partial charge is 0.325 e. The Morgan fingerprint density at radius 2 is 1.73 bits per heavy atom. The van der Waals surface area contributed by atoms with E-state index in [0.717, 1.165) is 19.8 Å². The third-order valence-corrected chi connectivity index (χ3v) is 4.48. The molecule has 2 amide bonds. The van der Waals surface area contributed by atoms with Gasteiger partial charge in [-0.15, -0.1) is 11.8 Å². The molecule has 0 heterocycles. The third kappa shape index (κ3) is 5.34. The van der Waals surface area contributed by atoms with Crippen LogP contribution in [-0.4, -0.2) is 17.6 Å². The minimum atomic E-state index is -0.128. The molecule has 0 radical (unpaired) electrons. The fraction of sp³-hybridized carbons (Fsp3) is 0.125. The number of thioether (sulfide) groups is 1. The maximum atomic E-state index is 12.0. The Kier molecular flexibility index (Phi) is 6.26. The van der Waals surface area contributed by atoms with Crippen LogP contribution < -0.4 is 10.6 Å². The number of rotatable bonds is 5. The molecule has 2 N–H and O–H groups in total. The van der Waals surface area contributed by atoms with Crippen molar-refractivity contribution < 1.29 is 9.59 Å². The average molecular weight is 426 g/mol. The van der Waals surface area contributed by atoms with Gasteiger partial charge in [0, 0.05) is 21.1 Å². The van der Waals surface area contributed by atoms with Gasteiger partial charge in [0.25, 0.3) is 0 Å². The number of anilines is 2. The standard InChI is InChI=1S/C16H15IN2O2S/c1-11(20)18-14-4-2-3-5-15(14)22-10-16(21)19-13-8-6-12(17)7-9-13/h2-9H,10H2,1H3,(H,18,20)(H,19,21). The van der Waals surface area contributed by atoms with Crippen LogP contribution in [0.15, 0.2) is 53.4 Å². The Morgan fingerprint density at radius 1 is 1.05 bits per heavy atom. The topological polar surface area (TPSA) is 58.2 Å². The number of hydrogen-bond donors (Lipinski definition) is 2. The Morgan fingerprint density at radius 3 is 2.41 bits per heavy atom. The van der Waals surface area contributed by atoms with Crippen molar-refractivity contribution >= 4 is 57.5 Å². The molecule has 0 fully saturated rings. The lowest BCUT2D eigenvalue weighted by Gasteiger charge is -2.09. The second-order valence-electron chi connectivity index (χ2n) is 4.52. The summed E-state index contributed by atoms with van der Waals surface area (Å²) in [5, 5.41) is 5.61. The smallest absolute Gasteiger partial charge is 0.234 e. The summed E-state index contributed by atoms with van der Waals surface area (Å²) in [6.07, 6.45) is 0. The summed E-state index contributed by atoms with van der Waals surface area (Å²) in [7, 11) is 0. The van der Waals surface area contributed by atoms with Gasteiger partial charge in [-0.3, -0.25) is 9.59 Å². The highest BCUT2D eigenvalue weighted by Crippen LogP contribution is 2.27. The minimum absolute atomic E-state index is 0.0798. The normalized spacial score (nSPS) is 10.1. The van der Waals surface area contributed by atoms with Crippen LogP contribution in [0, 0.1) is 3.57 Å². The lowest BCUT2D eigenvalue weighted by Crippen LogP contribution is -2.14. The molecule has 0 spiro atoms. The first kappa shape index (κ1) is 16.8. The van der Waals surface area contributed by atoms with E-state index in [1.807, 2.05) is 48.5 Å². The second-order valence-corrected chi connectivity index (χ2v) is 6.78. The zero-order chi connectivity index (χ0) is 15.9. The molecule has 2 rings (SSSR count). The van der Waals surface area contributed by atoms with Gasteiger partial charge in [0.15, 0.2) is 0 Å². The Labute approximate surface area is 147 Å². The van der Waals surface area contributed by atoms with Gasteiger partial charge in [-0.2, -0.15) is 0 Å². The Balaban J connectivity index is 1.93. The van der Waals surface area contributed by atoms with Crippen molar-refractivity contribution in [3.8, 4) is 0 Å². The molecule has 22 heavy (non-hydrogen) atoms. The van der Waals surface area contributed by atoms with E-state index >= 15 is 0 Å². The maximum Gasteiger partial charge on any atom is 0.234 e. The zero-order valence-electron chi connectivity index (χ0n) is 11.9. The molecule has 0 aliphatic heterocycles. The molecule has 0 aromatic heterocycles. The summed E-state index contributed by atoms with van der Waals surface area (Å²) < 4.78 is 1.12. The van der Waals surface area contributed by atoms with Crippen molar-refractivity contribution in [1.82, 2.24) is 0 Å². The van der Waals surface area contributed by atoms with Gasteiger partial charge in [-0.1, -0.05) is 12.1 Å². The van der Waals surface area contributed by atoms with Gasteiger partial charge in [-0.25, -0.2) is 0 Å². The van der Waals surface area contributed by atoms with Crippen LogP contribution in [-0.2, 0) is 9.59 Å². The molecule has 0 aliphatic rings. The van der Waals surface area contributed by atoms with Gasteiger partial charge in [-0.05, 0) is 59.0 Å². The number of halogens is 1. The molecule has 2 aromatic rings. The van der Waals surface area contributed by atoms with Crippen LogP contribution in [0.25, 0.3) is 0 Å². The van der Waals surface area contributed by atoms with Gasteiger partial charge in [0.1, 0.15) is 0 Å². The van der Waals surface area contributed by atoms with E-state index in [2.05, 4.69) is 33.2 Å². The lowest BCUT2D eigenvalue weighted by molar-refractivity contribution is -0.114. The summed E-state index contributed by atoms with van der Waals surface area (Å²) in [5.41, 5.74) is 1.50. The minimum Gasteiger partial charge on any atom is -0.325 e. The van der Waals surface area contributed by atoms with E-state index in [1.54, 1.807) is 0 Å². The van der Waals surface area contributed by atoms with Crippen LogP contribution in [0.4, 0.5) is 11.4 Å². The van der Waals surface area contributed by atoms with Gasteiger partial charge < -0.3 is 10.6 Å². The number of amides is 2. The number of nitrogens with one attached hydrogen (secondary N) is 2. The van der Waals surface area contributed by atoms with Crippen molar-refractivity contribution in [2.75, 3.05) is 16.4 Å². The van der Waals surface area contributed by atoms with Crippen molar-refractivity contribution in [2.24, 2.45) is 0 Å². The highest BCUT2D eigenvalue weighted by Gasteiger charge is 2.08. The molecule has 2 aromatic carbocycles. The molecule has 0 atom stereocenters. The Bertz CT molecular complexity index is 674. The van der Waals surface area contributed by atoms with E-state index in [9.17, 15) is 9.59 Å². The van der Waals surface area contributed by atoms with E-state index < -0.39 is 0 Å². The predicted octanol–water partition coefficient (Wildman–Crippen LogP) is 3.98. The molecular weight excluding hydrogens is 411 g/mol. The van der Waals surface area contributed by atoms with Gasteiger partial charge >= 0.3 is 0 Å². The molecule has 0 bridgehead atoms. The number of carbonyl (C=O) groups excluding carboxylic acids is 2. The number of para-hydroxylation sites is 1. The van der Waals surface area contributed by atoms with Gasteiger partial charge in [0.2, 0.25) is 11.8 Å². The van der Waals surface area contributed by atoms with E-state index in [4.69, 9.17) is 0 Å². The van der Waals surface area contributed by atoms with E-state index in [1.165, 1.54) is 18.7 Å². The molecule has 0 saturated heterocycles. The summed E-state index contributed by atoms with van der Waals surface area (Å²) >= 11 is 3.61. The number of carbonyl (C=O) groups is 2. The van der Waals surface area contributed by atoms with E-state index in [0.29, 0.717) is 0 Å². The predicted molar refractivity (Wildman–Crippen MR) is 99.3 cm³/mol. The zero-order valence-corrected chi connectivity index (χ0v) is 14.9. The summed E-state index contributed by atoms with van der Waals surface area (Å²) in [4.78, 5) is 24.0. The first-order valence-corrected chi connectivity index (χ1v) is 8.66. The van der Waals surface area contributed by atoms with Crippen LogP contribution in [0.1, 0.15) is 6.92 Å². The van der Waals surface area contributed by atoms with Crippen molar-refractivity contribution in [3.05, 3.63) is 52.1 Å². The van der Waals surface area contributed by atoms with Crippen molar-refractivity contribution in [2.45, 2.75) is 11.8 Å². The van der Waals surface area contributed by atoms with Crippen molar-refractivity contribution in [1.29, 1.82) is 0 Å². The van der Waals surface area contributed by atoms with Crippen molar-refractivity contribution in [3.63, 3.8) is 0 Å². The first-order chi connectivity index (χ1) is 10.5. The van der Waals surface area contributed by atoms with Crippen LogP contribution in [0.5, 0.6) is 0 Å². The summed E-state index contributed by atoms with van der Waals surface area (Å²) in [6.45, 7) is 1.46. The SMILES string of the molecule is CC(=O)Nc1ccccc1SCC(=O)Nc1ccc(I)cc1. The number of benzene rings is 2.